The molecule has 1 aliphatic carbocycles. The van der Waals surface area contributed by atoms with E-state index >= 15 is 0 Å². The third-order valence-electron chi connectivity index (χ3n) is 6.90. The Balaban J connectivity index is 1.30. The molecule has 4 aromatic carbocycles. The molecule has 1 amide bonds. The van der Waals surface area contributed by atoms with E-state index in [0.29, 0.717) is 5.56 Å². The fraction of sp³-hybridized carbons (Fsp3) is 0.235. The Bertz CT molecular complexity index is 1680. The smallest absolute Gasteiger partial charge is 0.407 e. The van der Waals surface area contributed by atoms with Gasteiger partial charge in [-0.25, -0.2) is 9.59 Å². The summed E-state index contributed by atoms with van der Waals surface area (Å²) in [5.74, 6) is -0.715. The van der Waals surface area contributed by atoms with Crippen molar-refractivity contribution in [2.45, 2.75) is 49.6 Å². The van der Waals surface area contributed by atoms with Crippen molar-refractivity contribution in [3.8, 4) is 16.9 Å². The van der Waals surface area contributed by atoms with Gasteiger partial charge in [-0.3, -0.25) is 0 Å². The first-order valence-corrected chi connectivity index (χ1v) is 15.3. The van der Waals surface area contributed by atoms with Crippen LogP contribution in [0.15, 0.2) is 108 Å². The van der Waals surface area contributed by atoms with Crippen molar-refractivity contribution < 1.29 is 31.7 Å². The fourth-order valence-corrected chi connectivity index (χ4v) is 6.01. The monoisotopic (exact) mass is 599 g/mol. The van der Waals surface area contributed by atoms with Crippen LogP contribution in [0.3, 0.4) is 0 Å². The van der Waals surface area contributed by atoms with E-state index in [1.54, 1.807) is 51.1 Å². The van der Waals surface area contributed by atoms with Crippen LogP contribution in [0.2, 0.25) is 0 Å². The van der Waals surface area contributed by atoms with Gasteiger partial charge in [-0.05, 0) is 72.9 Å². The van der Waals surface area contributed by atoms with Crippen molar-refractivity contribution in [1.82, 2.24) is 5.32 Å². The molecule has 0 saturated heterocycles. The number of hydrogen-bond donors (Lipinski definition) is 1. The lowest BCUT2D eigenvalue weighted by atomic mass is 9.98. The average Bonchev–Trinajstić information content (AvgIpc) is 3.29. The molecule has 1 N–H and O–H groups in total. The summed E-state index contributed by atoms with van der Waals surface area (Å²) in [6.45, 7) is 5.29. The lowest BCUT2D eigenvalue weighted by molar-refractivity contribution is -0.157. The van der Waals surface area contributed by atoms with Gasteiger partial charge in [0, 0.05) is 12.3 Å². The van der Waals surface area contributed by atoms with Crippen molar-refractivity contribution in [1.29, 1.82) is 0 Å². The molecule has 1 aliphatic rings. The third kappa shape index (κ3) is 7.24. The third-order valence-corrected chi connectivity index (χ3v) is 8.16. The number of benzene rings is 4. The lowest BCUT2D eigenvalue weighted by Crippen LogP contribution is -2.46. The Morgan fingerprint density at radius 2 is 1.42 bits per heavy atom. The highest BCUT2D eigenvalue weighted by atomic mass is 32.2. The minimum atomic E-state index is -4.06. The molecule has 0 spiro atoms. The molecule has 0 saturated carbocycles. The summed E-state index contributed by atoms with van der Waals surface area (Å²) < 4.78 is 42.0. The fourth-order valence-electron chi connectivity index (χ4n) is 5.07. The Morgan fingerprint density at radius 1 is 0.814 bits per heavy atom. The zero-order valence-corrected chi connectivity index (χ0v) is 25.0. The van der Waals surface area contributed by atoms with Crippen LogP contribution in [0, 0.1) is 0 Å². The summed E-state index contributed by atoms with van der Waals surface area (Å²) in [7, 11) is -4.06. The maximum atomic E-state index is 13.2. The summed E-state index contributed by atoms with van der Waals surface area (Å²) >= 11 is 0. The Hall–Kier alpha value is -4.63. The predicted molar refractivity (Wildman–Crippen MR) is 162 cm³/mol. The zero-order valence-electron chi connectivity index (χ0n) is 24.1. The number of carbonyl (C=O) groups excluding carboxylic acids is 2. The molecule has 4 aromatic rings. The number of hydrogen-bond acceptors (Lipinski definition) is 7. The van der Waals surface area contributed by atoms with Gasteiger partial charge in [0.2, 0.25) is 0 Å². The molecule has 222 valence electrons. The van der Waals surface area contributed by atoms with Crippen molar-refractivity contribution >= 4 is 22.2 Å². The highest BCUT2D eigenvalue weighted by molar-refractivity contribution is 7.87. The summed E-state index contributed by atoms with van der Waals surface area (Å²) in [4.78, 5) is 26.2. The van der Waals surface area contributed by atoms with Gasteiger partial charge >= 0.3 is 22.2 Å². The number of nitrogens with one attached hydrogen (secondary N) is 1. The van der Waals surface area contributed by atoms with Gasteiger partial charge in [-0.2, -0.15) is 8.42 Å². The van der Waals surface area contributed by atoms with Gasteiger partial charge in [0.05, 0.1) is 0 Å². The van der Waals surface area contributed by atoms with E-state index < -0.39 is 33.8 Å². The number of esters is 1. The molecule has 0 radical (unpaired) electrons. The van der Waals surface area contributed by atoms with E-state index in [1.165, 1.54) is 24.3 Å². The first kappa shape index (κ1) is 29.8. The molecule has 0 aliphatic heterocycles. The second-order valence-electron chi connectivity index (χ2n) is 11.3. The van der Waals surface area contributed by atoms with Gasteiger partial charge in [0.15, 0.2) is 0 Å². The molecule has 0 aromatic heterocycles. The van der Waals surface area contributed by atoms with E-state index in [0.717, 1.165) is 22.3 Å². The number of amides is 1. The van der Waals surface area contributed by atoms with Crippen LogP contribution in [0.25, 0.3) is 11.1 Å². The minimum Gasteiger partial charge on any atom is -0.458 e. The second kappa shape index (κ2) is 12.3. The summed E-state index contributed by atoms with van der Waals surface area (Å²) in [6, 6.07) is 29.1. The number of fused-ring (bicyclic) bond motifs is 3. The van der Waals surface area contributed by atoms with Crippen LogP contribution in [0.5, 0.6) is 5.75 Å². The molecule has 0 heterocycles. The van der Waals surface area contributed by atoms with Crippen molar-refractivity contribution in [3.05, 3.63) is 120 Å². The largest absolute Gasteiger partial charge is 0.458 e. The van der Waals surface area contributed by atoms with Gasteiger partial charge in [-0.15, -0.1) is 0 Å². The molecule has 5 rings (SSSR count). The summed E-state index contributed by atoms with van der Waals surface area (Å²) in [6.07, 6.45) is -0.751. The van der Waals surface area contributed by atoms with Gasteiger partial charge in [0.25, 0.3) is 0 Å². The number of alkyl carbamates (subject to hydrolysis) is 1. The predicted octanol–water partition coefficient (Wildman–Crippen LogP) is 6.25. The van der Waals surface area contributed by atoms with Gasteiger partial charge < -0.3 is 19.0 Å². The van der Waals surface area contributed by atoms with E-state index in [2.05, 4.69) is 17.4 Å². The minimum absolute atomic E-state index is 0.0156. The average molecular weight is 600 g/mol. The molecule has 1 atom stereocenters. The molecular formula is C34H33NO7S. The van der Waals surface area contributed by atoms with E-state index in [4.69, 9.17) is 13.7 Å². The Labute approximate surface area is 251 Å². The first-order valence-electron chi connectivity index (χ1n) is 13.9. The Morgan fingerprint density at radius 3 is 2.05 bits per heavy atom. The summed E-state index contributed by atoms with van der Waals surface area (Å²) in [5, 5.41) is 2.66. The topological polar surface area (TPSA) is 108 Å². The highest BCUT2D eigenvalue weighted by Crippen LogP contribution is 2.44. The molecule has 8 nitrogen and oxygen atoms in total. The van der Waals surface area contributed by atoms with Crippen LogP contribution in [0.4, 0.5) is 4.79 Å². The molecule has 0 unspecified atom stereocenters. The normalized spacial score (nSPS) is 13.4. The van der Waals surface area contributed by atoms with Crippen LogP contribution >= 0.6 is 0 Å². The second-order valence-corrected chi connectivity index (χ2v) is 12.8. The van der Waals surface area contributed by atoms with E-state index in [1.807, 2.05) is 36.4 Å². The maximum absolute atomic E-state index is 13.2. The molecular weight excluding hydrogens is 566 g/mol. The molecule has 0 fully saturated rings. The SMILES string of the molecule is CC(C)(C)OC(=O)[C@H](Cc1cccc(OS(=O)(=O)c2ccccc2)c1)NC(=O)OCC1c2ccccc2-c2ccccc21. The Kier molecular flexibility index (Phi) is 8.54. The summed E-state index contributed by atoms with van der Waals surface area (Å²) in [5.41, 5.74) is 4.11. The highest BCUT2D eigenvalue weighted by Gasteiger charge is 2.31. The lowest BCUT2D eigenvalue weighted by Gasteiger charge is -2.25. The van der Waals surface area contributed by atoms with Gasteiger partial charge in [0.1, 0.15) is 28.9 Å². The van der Waals surface area contributed by atoms with Crippen LogP contribution in [0.1, 0.15) is 43.4 Å². The zero-order chi connectivity index (χ0) is 30.6. The standard InChI is InChI=1S/C34H33NO7S/c1-34(2,3)41-32(36)31(21-23-12-11-13-24(20-23)42-43(38,39)25-14-5-4-6-15-25)35-33(37)40-22-30-28-18-9-7-16-26(28)27-17-8-10-19-29(27)30/h4-20,30-31H,21-22H2,1-3H3,(H,35,37)/t31-/m0/s1. The quantitative estimate of drug-likeness (QED) is 0.179. The van der Waals surface area contributed by atoms with Crippen LogP contribution in [-0.4, -0.2) is 38.7 Å². The first-order chi connectivity index (χ1) is 20.5. The van der Waals surface area contributed by atoms with Crippen molar-refractivity contribution in [2.24, 2.45) is 0 Å². The van der Waals surface area contributed by atoms with Crippen molar-refractivity contribution in [2.75, 3.05) is 6.61 Å². The maximum Gasteiger partial charge on any atom is 0.407 e. The van der Waals surface area contributed by atoms with Crippen LogP contribution < -0.4 is 9.50 Å². The van der Waals surface area contributed by atoms with Gasteiger partial charge in [-0.1, -0.05) is 78.9 Å². The number of rotatable bonds is 9. The number of ether oxygens (including phenoxy) is 2. The van der Waals surface area contributed by atoms with E-state index in [-0.39, 0.29) is 29.6 Å². The van der Waals surface area contributed by atoms with Crippen molar-refractivity contribution in [3.63, 3.8) is 0 Å². The molecule has 43 heavy (non-hydrogen) atoms. The molecule has 0 bridgehead atoms. The van der Waals surface area contributed by atoms with Crippen LogP contribution in [-0.2, 0) is 30.8 Å². The number of carbonyl (C=O) groups is 2. The van der Waals surface area contributed by atoms with E-state index in [9.17, 15) is 18.0 Å². The molecule has 9 heteroatoms.